The molecule has 2 aromatic rings. The standard InChI is InChI=1S/C14H13ClN2O2/c1-9-5-6-10(15)7-13(9)16-8-11-3-2-4-12(17-11)14(18)19/h2-7,16H,8H2,1H3,(H,18,19). The summed E-state index contributed by atoms with van der Waals surface area (Å²) in [6.45, 7) is 2.42. The van der Waals surface area contributed by atoms with Crippen molar-refractivity contribution in [3.05, 3.63) is 58.4 Å². The Balaban J connectivity index is 2.12. The van der Waals surface area contributed by atoms with E-state index in [0.717, 1.165) is 11.3 Å². The molecule has 5 heteroatoms. The molecular weight excluding hydrogens is 264 g/mol. The highest BCUT2D eigenvalue weighted by molar-refractivity contribution is 6.30. The lowest BCUT2D eigenvalue weighted by Gasteiger charge is -2.09. The number of aryl methyl sites for hydroxylation is 1. The summed E-state index contributed by atoms with van der Waals surface area (Å²) in [6.07, 6.45) is 0. The van der Waals surface area contributed by atoms with Crippen molar-refractivity contribution in [3.8, 4) is 0 Å². The molecule has 0 aliphatic carbocycles. The zero-order valence-electron chi connectivity index (χ0n) is 10.4. The van der Waals surface area contributed by atoms with Gasteiger partial charge in [0.2, 0.25) is 0 Å². The lowest BCUT2D eigenvalue weighted by atomic mass is 10.2. The molecule has 0 unspecified atom stereocenters. The minimum absolute atomic E-state index is 0.0436. The number of anilines is 1. The average molecular weight is 277 g/mol. The first-order chi connectivity index (χ1) is 9.06. The Hall–Kier alpha value is -2.07. The minimum atomic E-state index is -1.03. The number of carboxylic acids is 1. The molecule has 0 atom stereocenters. The van der Waals surface area contributed by atoms with Gasteiger partial charge < -0.3 is 10.4 Å². The number of benzene rings is 1. The monoisotopic (exact) mass is 276 g/mol. The largest absolute Gasteiger partial charge is 0.477 e. The number of nitrogens with one attached hydrogen (secondary N) is 1. The van der Waals surface area contributed by atoms with E-state index in [0.29, 0.717) is 17.3 Å². The Morgan fingerprint density at radius 1 is 1.37 bits per heavy atom. The molecule has 0 saturated carbocycles. The number of carbonyl (C=O) groups is 1. The third kappa shape index (κ3) is 3.45. The van der Waals surface area contributed by atoms with Crippen LogP contribution in [0.5, 0.6) is 0 Å². The van der Waals surface area contributed by atoms with Crippen LogP contribution in [-0.2, 0) is 6.54 Å². The quantitative estimate of drug-likeness (QED) is 0.899. The SMILES string of the molecule is Cc1ccc(Cl)cc1NCc1cccc(C(=O)O)n1. The van der Waals surface area contributed by atoms with Crippen molar-refractivity contribution < 1.29 is 9.90 Å². The van der Waals surface area contributed by atoms with Gasteiger partial charge in [-0.1, -0.05) is 23.7 Å². The molecule has 98 valence electrons. The molecule has 19 heavy (non-hydrogen) atoms. The highest BCUT2D eigenvalue weighted by atomic mass is 35.5. The van der Waals surface area contributed by atoms with Gasteiger partial charge in [-0.2, -0.15) is 0 Å². The Labute approximate surface area is 116 Å². The molecule has 0 radical (unpaired) electrons. The Kier molecular flexibility index (Phi) is 4.02. The van der Waals surface area contributed by atoms with E-state index in [1.165, 1.54) is 6.07 Å². The van der Waals surface area contributed by atoms with E-state index in [1.54, 1.807) is 12.1 Å². The first-order valence-electron chi connectivity index (χ1n) is 5.75. The van der Waals surface area contributed by atoms with Crippen molar-refractivity contribution in [2.45, 2.75) is 13.5 Å². The highest BCUT2D eigenvalue weighted by Gasteiger charge is 2.05. The molecule has 0 aliphatic rings. The first-order valence-corrected chi connectivity index (χ1v) is 6.13. The van der Waals surface area contributed by atoms with Crippen LogP contribution < -0.4 is 5.32 Å². The number of aromatic carboxylic acids is 1. The van der Waals surface area contributed by atoms with Gasteiger partial charge in [-0.05, 0) is 36.8 Å². The van der Waals surface area contributed by atoms with Crippen LogP contribution in [0.4, 0.5) is 5.69 Å². The molecule has 0 saturated heterocycles. The average Bonchev–Trinajstić information content (AvgIpc) is 2.40. The van der Waals surface area contributed by atoms with Crippen LogP contribution in [0.15, 0.2) is 36.4 Å². The maximum absolute atomic E-state index is 10.8. The number of pyridine rings is 1. The van der Waals surface area contributed by atoms with Crippen LogP contribution in [0.1, 0.15) is 21.7 Å². The number of carboxylic acid groups (broad SMARTS) is 1. The molecule has 0 spiro atoms. The number of rotatable bonds is 4. The molecule has 2 rings (SSSR count). The molecule has 0 aliphatic heterocycles. The van der Waals surface area contributed by atoms with Crippen molar-refractivity contribution >= 4 is 23.3 Å². The fraction of sp³-hybridized carbons (Fsp3) is 0.143. The minimum Gasteiger partial charge on any atom is -0.477 e. The number of halogens is 1. The first kappa shape index (κ1) is 13.4. The van der Waals surface area contributed by atoms with Crippen LogP contribution in [0.2, 0.25) is 5.02 Å². The topological polar surface area (TPSA) is 62.2 Å². The normalized spacial score (nSPS) is 10.2. The Bertz CT molecular complexity index is 614. The van der Waals surface area contributed by atoms with Crippen molar-refractivity contribution in [2.75, 3.05) is 5.32 Å². The summed E-state index contributed by atoms with van der Waals surface area (Å²) < 4.78 is 0. The second-order valence-electron chi connectivity index (χ2n) is 4.13. The van der Waals surface area contributed by atoms with Crippen molar-refractivity contribution in [3.63, 3.8) is 0 Å². The Morgan fingerprint density at radius 3 is 2.89 bits per heavy atom. The summed E-state index contributed by atoms with van der Waals surface area (Å²) in [4.78, 5) is 14.9. The van der Waals surface area contributed by atoms with Crippen LogP contribution in [0.3, 0.4) is 0 Å². The Morgan fingerprint density at radius 2 is 2.16 bits per heavy atom. The van der Waals surface area contributed by atoms with Crippen LogP contribution >= 0.6 is 11.6 Å². The van der Waals surface area contributed by atoms with E-state index in [4.69, 9.17) is 16.7 Å². The van der Waals surface area contributed by atoms with Gasteiger partial charge in [0.1, 0.15) is 5.69 Å². The molecule has 0 bridgehead atoms. The third-order valence-corrected chi connectivity index (χ3v) is 2.92. The van der Waals surface area contributed by atoms with E-state index in [1.807, 2.05) is 25.1 Å². The highest BCUT2D eigenvalue weighted by Crippen LogP contribution is 2.20. The lowest BCUT2D eigenvalue weighted by molar-refractivity contribution is 0.0690. The number of hydrogen-bond donors (Lipinski definition) is 2. The molecular formula is C14H13ClN2O2. The van der Waals surface area contributed by atoms with Gasteiger partial charge in [0.25, 0.3) is 0 Å². The van der Waals surface area contributed by atoms with Gasteiger partial charge in [-0.3, -0.25) is 0 Å². The van der Waals surface area contributed by atoms with Gasteiger partial charge in [-0.15, -0.1) is 0 Å². The van der Waals surface area contributed by atoms with Gasteiger partial charge in [0.05, 0.1) is 12.2 Å². The molecule has 2 N–H and O–H groups in total. The maximum atomic E-state index is 10.8. The molecule has 1 heterocycles. The second kappa shape index (κ2) is 5.71. The van der Waals surface area contributed by atoms with Crippen LogP contribution in [0, 0.1) is 6.92 Å². The van der Waals surface area contributed by atoms with Gasteiger partial charge in [0.15, 0.2) is 0 Å². The zero-order chi connectivity index (χ0) is 13.8. The van der Waals surface area contributed by atoms with Gasteiger partial charge in [-0.25, -0.2) is 9.78 Å². The summed E-state index contributed by atoms with van der Waals surface area (Å²) in [5.74, 6) is -1.03. The predicted molar refractivity (Wildman–Crippen MR) is 74.7 cm³/mol. The van der Waals surface area contributed by atoms with E-state index >= 15 is 0 Å². The number of hydrogen-bond acceptors (Lipinski definition) is 3. The molecule has 0 fully saturated rings. The van der Waals surface area contributed by atoms with Crippen LogP contribution in [-0.4, -0.2) is 16.1 Å². The van der Waals surface area contributed by atoms with E-state index in [9.17, 15) is 4.79 Å². The fourth-order valence-electron chi connectivity index (χ4n) is 1.67. The van der Waals surface area contributed by atoms with E-state index in [2.05, 4.69) is 10.3 Å². The van der Waals surface area contributed by atoms with Gasteiger partial charge >= 0.3 is 5.97 Å². The smallest absolute Gasteiger partial charge is 0.354 e. The van der Waals surface area contributed by atoms with Crippen LogP contribution in [0.25, 0.3) is 0 Å². The summed E-state index contributed by atoms with van der Waals surface area (Å²) in [7, 11) is 0. The van der Waals surface area contributed by atoms with E-state index in [-0.39, 0.29) is 5.69 Å². The number of aromatic nitrogens is 1. The third-order valence-electron chi connectivity index (χ3n) is 2.69. The van der Waals surface area contributed by atoms with Crippen molar-refractivity contribution in [2.24, 2.45) is 0 Å². The van der Waals surface area contributed by atoms with Gasteiger partial charge in [0, 0.05) is 10.7 Å². The second-order valence-corrected chi connectivity index (χ2v) is 4.57. The molecule has 4 nitrogen and oxygen atoms in total. The van der Waals surface area contributed by atoms with Crippen molar-refractivity contribution in [1.82, 2.24) is 4.98 Å². The summed E-state index contributed by atoms with van der Waals surface area (Å²) in [6, 6.07) is 10.5. The maximum Gasteiger partial charge on any atom is 0.354 e. The summed E-state index contributed by atoms with van der Waals surface area (Å²) in [5, 5.41) is 12.7. The summed E-state index contributed by atoms with van der Waals surface area (Å²) >= 11 is 5.93. The summed E-state index contributed by atoms with van der Waals surface area (Å²) in [5.41, 5.74) is 2.69. The fourth-order valence-corrected chi connectivity index (χ4v) is 1.84. The van der Waals surface area contributed by atoms with Crippen molar-refractivity contribution in [1.29, 1.82) is 0 Å². The van der Waals surface area contributed by atoms with E-state index < -0.39 is 5.97 Å². The zero-order valence-corrected chi connectivity index (χ0v) is 11.1. The molecule has 0 amide bonds. The molecule has 1 aromatic carbocycles. The molecule has 1 aromatic heterocycles. The lowest BCUT2D eigenvalue weighted by Crippen LogP contribution is -2.07. The number of nitrogens with zero attached hydrogens (tertiary/aromatic N) is 1. The predicted octanol–water partition coefficient (Wildman–Crippen LogP) is 3.35.